The largest absolute Gasteiger partial charge is 0.489 e. The van der Waals surface area contributed by atoms with Crippen molar-refractivity contribution >= 4 is 17.5 Å². The first-order valence-corrected chi connectivity index (χ1v) is 9.59. The van der Waals surface area contributed by atoms with Crippen LogP contribution < -0.4 is 9.47 Å². The number of morpholine rings is 1. The van der Waals surface area contributed by atoms with Crippen LogP contribution >= 0.6 is 11.6 Å². The molecule has 1 aliphatic heterocycles. The van der Waals surface area contributed by atoms with E-state index in [0.29, 0.717) is 41.8 Å². The second-order valence-corrected chi connectivity index (χ2v) is 7.58. The molecule has 29 heavy (non-hydrogen) atoms. The molecule has 1 saturated heterocycles. The molecule has 2 aromatic rings. The van der Waals surface area contributed by atoms with Gasteiger partial charge in [0.25, 0.3) is 5.91 Å². The van der Waals surface area contributed by atoms with Crippen LogP contribution in [0.4, 0.5) is 0 Å². The van der Waals surface area contributed by atoms with E-state index >= 15 is 0 Å². The number of rotatable bonds is 6. The van der Waals surface area contributed by atoms with E-state index in [1.807, 2.05) is 0 Å². The number of amides is 1. The fraction of sp³-hybridized carbons (Fsp3) is 0.381. The third-order valence-electron chi connectivity index (χ3n) is 4.41. The molecule has 0 aliphatic carbocycles. The summed E-state index contributed by atoms with van der Waals surface area (Å²) in [5, 5.41) is 9.38. The zero-order valence-corrected chi connectivity index (χ0v) is 17.1. The van der Waals surface area contributed by atoms with E-state index in [1.165, 1.54) is 6.20 Å². The summed E-state index contributed by atoms with van der Waals surface area (Å²) in [5.74, 6) is 0.942. The first-order chi connectivity index (χ1) is 13.9. The highest BCUT2D eigenvalue weighted by Gasteiger charge is 2.37. The molecule has 8 heteroatoms. The summed E-state index contributed by atoms with van der Waals surface area (Å²) < 4.78 is 17.3. The third kappa shape index (κ3) is 5.59. The monoisotopic (exact) mass is 415 g/mol. The molecule has 152 valence electrons. The van der Waals surface area contributed by atoms with Crippen molar-refractivity contribution in [1.82, 2.24) is 9.88 Å². The first-order valence-electron chi connectivity index (χ1n) is 9.21. The Morgan fingerprint density at radius 3 is 2.79 bits per heavy atom. The van der Waals surface area contributed by atoms with Crippen LogP contribution in [0.25, 0.3) is 0 Å². The van der Waals surface area contributed by atoms with Gasteiger partial charge in [-0.15, -0.1) is 0 Å². The molecule has 1 unspecified atom stereocenters. The number of pyridine rings is 1. The molecule has 3 rings (SSSR count). The number of hydrogen-bond acceptors (Lipinski definition) is 6. The Hall–Kier alpha value is -2.82. The summed E-state index contributed by atoms with van der Waals surface area (Å²) in [7, 11) is 0. The zero-order chi connectivity index (χ0) is 20.9. The molecule has 1 atom stereocenters. The zero-order valence-electron chi connectivity index (χ0n) is 16.3. The van der Waals surface area contributed by atoms with Gasteiger partial charge in [-0.05, 0) is 38.1 Å². The SMILES string of the molecule is CC(C)(Oc1ccc(C#N)cc1)C(=O)N1CCOC(COc2cncc(Cl)c2)C1. The summed E-state index contributed by atoms with van der Waals surface area (Å²) in [6.07, 6.45) is 2.84. The molecule has 0 radical (unpaired) electrons. The highest BCUT2D eigenvalue weighted by Crippen LogP contribution is 2.22. The predicted molar refractivity (Wildman–Crippen MR) is 107 cm³/mol. The fourth-order valence-electron chi connectivity index (χ4n) is 2.98. The van der Waals surface area contributed by atoms with Gasteiger partial charge in [-0.25, -0.2) is 0 Å². The van der Waals surface area contributed by atoms with Gasteiger partial charge in [-0.1, -0.05) is 11.6 Å². The predicted octanol–water partition coefficient (Wildman–Crippen LogP) is 3.07. The van der Waals surface area contributed by atoms with Crippen LogP contribution in [0, 0.1) is 11.3 Å². The molecular weight excluding hydrogens is 394 g/mol. The van der Waals surface area contributed by atoms with E-state index in [2.05, 4.69) is 11.1 Å². The Kier molecular flexibility index (Phi) is 6.57. The average Bonchev–Trinajstić information content (AvgIpc) is 2.72. The number of hydrogen-bond donors (Lipinski definition) is 0. The van der Waals surface area contributed by atoms with E-state index < -0.39 is 5.60 Å². The number of carbonyl (C=O) groups excluding carboxylic acids is 1. The van der Waals surface area contributed by atoms with Gasteiger partial charge < -0.3 is 19.1 Å². The summed E-state index contributed by atoms with van der Waals surface area (Å²) in [5.41, 5.74) is -0.527. The Bertz CT molecular complexity index is 896. The summed E-state index contributed by atoms with van der Waals surface area (Å²) >= 11 is 5.91. The van der Waals surface area contributed by atoms with Gasteiger partial charge in [0, 0.05) is 18.8 Å². The molecule has 1 aromatic heterocycles. The maximum absolute atomic E-state index is 13.0. The van der Waals surface area contributed by atoms with Gasteiger partial charge >= 0.3 is 0 Å². The number of halogens is 1. The van der Waals surface area contributed by atoms with E-state index in [-0.39, 0.29) is 18.6 Å². The minimum Gasteiger partial charge on any atom is -0.489 e. The molecule has 0 saturated carbocycles. The third-order valence-corrected chi connectivity index (χ3v) is 4.62. The van der Waals surface area contributed by atoms with Crippen molar-refractivity contribution in [2.75, 3.05) is 26.3 Å². The second-order valence-electron chi connectivity index (χ2n) is 7.14. The van der Waals surface area contributed by atoms with Gasteiger partial charge in [-0.2, -0.15) is 5.26 Å². The second kappa shape index (κ2) is 9.12. The van der Waals surface area contributed by atoms with Gasteiger partial charge in [0.1, 0.15) is 24.2 Å². The summed E-state index contributed by atoms with van der Waals surface area (Å²) in [6.45, 7) is 5.03. The van der Waals surface area contributed by atoms with E-state index in [0.717, 1.165) is 0 Å². The van der Waals surface area contributed by atoms with Crippen molar-refractivity contribution in [3.05, 3.63) is 53.3 Å². The van der Waals surface area contributed by atoms with Crippen LogP contribution in [0.1, 0.15) is 19.4 Å². The van der Waals surface area contributed by atoms with Gasteiger partial charge in [-0.3, -0.25) is 9.78 Å². The van der Waals surface area contributed by atoms with Crippen molar-refractivity contribution in [3.8, 4) is 17.6 Å². The summed E-state index contributed by atoms with van der Waals surface area (Å²) in [4.78, 5) is 18.7. The molecule has 0 bridgehead atoms. The van der Waals surface area contributed by atoms with E-state index in [9.17, 15) is 4.79 Å². The lowest BCUT2D eigenvalue weighted by Gasteiger charge is -2.37. The van der Waals surface area contributed by atoms with Crippen LogP contribution in [0.2, 0.25) is 5.02 Å². The van der Waals surface area contributed by atoms with Crippen molar-refractivity contribution in [2.45, 2.75) is 25.6 Å². The fourth-order valence-corrected chi connectivity index (χ4v) is 3.15. The summed E-state index contributed by atoms with van der Waals surface area (Å²) in [6, 6.07) is 10.4. The molecule has 1 aliphatic rings. The molecule has 1 fully saturated rings. The maximum Gasteiger partial charge on any atom is 0.266 e. The van der Waals surface area contributed by atoms with Crippen LogP contribution in [-0.2, 0) is 9.53 Å². The molecule has 7 nitrogen and oxygen atoms in total. The highest BCUT2D eigenvalue weighted by molar-refractivity contribution is 6.30. The number of nitrogens with zero attached hydrogens (tertiary/aromatic N) is 3. The van der Waals surface area contributed by atoms with Crippen molar-refractivity contribution in [3.63, 3.8) is 0 Å². The smallest absolute Gasteiger partial charge is 0.266 e. The molecule has 0 spiro atoms. The number of benzene rings is 1. The minimum absolute atomic E-state index is 0.139. The molecule has 1 aromatic carbocycles. The first kappa shape index (κ1) is 20.9. The Morgan fingerprint density at radius 1 is 1.34 bits per heavy atom. The van der Waals surface area contributed by atoms with Crippen LogP contribution in [0.5, 0.6) is 11.5 Å². The lowest BCUT2D eigenvalue weighted by atomic mass is 10.1. The average molecular weight is 416 g/mol. The van der Waals surface area contributed by atoms with Gasteiger partial charge in [0.2, 0.25) is 0 Å². The molecule has 1 amide bonds. The van der Waals surface area contributed by atoms with Gasteiger partial charge in [0.05, 0.1) is 36.0 Å². The Labute approximate surface area is 174 Å². The maximum atomic E-state index is 13.0. The lowest BCUT2D eigenvalue weighted by Crippen LogP contribution is -2.55. The molecule has 0 N–H and O–H groups in total. The number of ether oxygens (including phenoxy) is 3. The van der Waals surface area contributed by atoms with E-state index in [1.54, 1.807) is 55.3 Å². The number of nitriles is 1. The van der Waals surface area contributed by atoms with Crippen LogP contribution in [-0.4, -0.2) is 53.8 Å². The normalized spacial score (nSPS) is 16.8. The van der Waals surface area contributed by atoms with Crippen LogP contribution in [0.3, 0.4) is 0 Å². The van der Waals surface area contributed by atoms with Gasteiger partial charge in [0.15, 0.2) is 5.60 Å². The quantitative estimate of drug-likeness (QED) is 0.720. The lowest BCUT2D eigenvalue weighted by molar-refractivity contribution is -0.153. The minimum atomic E-state index is -1.06. The van der Waals surface area contributed by atoms with Crippen molar-refractivity contribution in [2.24, 2.45) is 0 Å². The van der Waals surface area contributed by atoms with Crippen molar-refractivity contribution < 1.29 is 19.0 Å². The standard InChI is InChI=1S/C21H22ClN3O4/c1-21(2,29-17-5-3-15(10-23)4-6-17)20(26)25-7-8-27-19(13-25)14-28-18-9-16(22)11-24-12-18/h3-6,9,11-12,19H,7-8,13-14H2,1-2H3. The Balaban J connectivity index is 1.58. The highest BCUT2D eigenvalue weighted by atomic mass is 35.5. The van der Waals surface area contributed by atoms with Crippen LogP contribution in [0.15, 0.2) is 42.7 Å². The number of aromatic nitrogens is 1. The number of carbonyl (C=O) groups is 1. The van der Waals surface area contributed by atoms with E-state index in [4.69, 9.17) is 31.1 Å². The van der Waals surface area contributed by atoms with Crippen molar-refractivity contribution in [1.29, 1.82) is 5.26 Å². The molecule has 2 heterocycles. The Morgan fingerprint density at radius 2 is 2.10 bits per heavy atom. The molecular formula is C21H22ClN3O4. The topological polar surface area (TPSA) is 84.7 Å².